The van der Waals surface area contributed by atoms with Crippen molar-refractivity contribution in [3.05, 3.63) is 65.2 Å². The van der Waals surface area contributed by atoms with Gasteiger partial charge in [-0.3, -0.25) is 4.99 Å². The number of anilines is 1. The fourth-order valence-electron chi connectivity index (χ4n) is 2.35. The van der Waals surface area contributed by atoms with E-state index in [0.717, 1.165) is 24.1 Å². The molecule has 4 heteroatoms. The van der Waals surface area contributed by atoms with Crippen LogP contribution in [-0.4, -0.2) is 19.6 Å². The summed E-state index contributed by atoms with van der Waals surface area (Å²) in [6.07, 6.45) is 1.95. The Morgan fingerprint density at radius 2 is 1.78 bits per heavy atom. The summed E-state index contributed by atoms with van der Waals surface area (Å²) in [6, 6.07) is 16.6. The molecule has 0 spiro atoms. The van der Waals surface area contributed by atoms with Gasteiger partial charge in [-0.05, 0) is 30.0 Å². The Kier molecular flexibility index (Phi) is 6.63. The van der Waals surface area contributed by atoms with Gasteiger partial charge in [-0.1, -0.05) is 49.4 Å². The summed E-state index contributed by atoms with van der Waals surface area (Å²) in [4.78, 5) is 4.40. The Bertz CT molecular complexity index is 635. The maximum Gasteiger partial charge on any atom is 0.193 e. The first-order valence-electron chi connectivity index (χ1n) is 7.94. The molecule has 0 atom stereocenters. The number of nitrogens with one attached hydrogen (secondary N) is 1. The fourth-order valence-corrected chi connectivity index (χ4v) is 2.35. The van der Waals surface area contributed by atoms with Crippen molar-refractivity contribution >= 4 is 11.6 Å². The second-order valence-corrected chi connectivity index (χ2v) is 5.40. The Morgan fingerprint density at radius 1 is 1.09 bits per heavy atom. The number of aliphatic imine (C=N–C) groups is 1. The average Bonchev–Trinajstić information content (AvgIpc) is 2.57. The van der Waals surface area contributed by atoms with Crippen LogP contribution in [0.4, 0.5) is 5.69 Å². The number of benzene rings is 2. The van der Waals surface area contributed by atoms with Crippen LogP contribution in [-0.2, 0) is 24.2 Å². The highest BCUT2D eigenvalue weighted by molar-refractivity contribution is 5.92. The van der Waals surface area contributed by atoms with Crippen molar-refractivity contribution in [3.63, 3.8) is 0 Å². The van der Waals surface area contributed by atoms with E-state index in [1.807, 2.05) is 24.3 Å². The molecule has 0 aromatic heterocycles. The van der Waals surface area contributed by atoms with Crippen molar-refractivity contribution in [1.29, 1.82) is 0 Å². The molecule has 0 fully saturated rings. The van der Waals surface area contributed by atoms with Crippen molar-refractivity contribution in [2.24, 2.45) is 10.7 Å². The number of hydrogen-bond acceptors (Lipinski definition) is 2. The predicted octanol–water partition coefficient (Wildman–Crippen LogP) is 3.36. The zero-order valence-corrected chi connectivity index (χ0v) is 13.9. The number of guanidine groups is 1. The standard InChI is InChI=1S/C19H25N3O/c1-3-15-8-10-16(11-9-15)12-13-21-19(20)22-18-7-5-4-6-17(18)14-23-2/h4-11H,3,12-14H2,1-2H3,(H3,20,21,22). The SMILES string of the molecule is CCc1ccc(CCN=C(N)Nc2ccccc2COC)cc1. The molecule has 0 aliphatic carbocycles. The van der Waals surface area contributed by atoms with E-state index >= 15 is 0 Å². The van der Waals surface area contributed by atoms with Gasteiger partial charge >= 0.3 is 0 Å². The van der Waals surface area contributed by atoms with Crippen LogP contribution in [0, 0.1) is 0 Å². The summed E-state index contributed by atoms with van der Waals surface area (Å²) in [6.45, 7) is 3.37. The number of hydrogen-bond donors (Lipinski definition) is 2. The quantitative estimate of drug-likeness (QED) is 0.609. The predicted molar refractivity (Wildman–Crippen MR) is 96.8 cm³/mol. The summed E-state index contributed by atoms with van der Waals surface area (Å²) in [7, 11) is 1.68. The molecule has 3 N–H and O–H groups in total. The van der Waals surface area contributed by atoms with Crippen molar-refractivity contribution in [1.82, 2.24) is 0 Å². The van der Waals surface area contributed by atoms with Gasteiger partial charge in [0, 0.05) is 24.9 Å². The number of para-hydroxylation sites is 1. The topological polar surface area (TPSA) is 59.6 Å². The average molecular weight is 311 g/mol. The number of aryl methyl sites for hydroxylation is 1. The number of ether oxygens (including phenoxy) is 1. The molecule has 0 aliphatic rings. The third-order valence-electron chi connectivity index (χ3n) is 3.69. The highest BCUT2D eigenvalue weighted by Crippen LogP contribution is 2.15. The van der Waals surface area contributed by atoms with E-state index in [0.29, 0.717) is 19.1 Å². The van der Waals surface area contributed by atoms with Crippen LogP contribution in [0.1, 0.15) is 23.6 Å². The summed E-state index contributed by atoms with van der Waals surface area (Å²) in [5.41, 5.74) is 10.6. The second-order valence-electron chi connectivity index (χ2n) is 5.40. The van der Waals surface area contributed by atoms with Crippen LogP contribution in [0.2, 0.25) is 0 Å². The van der Waals surface area contributed by atoms with Gasteiger partial charge < -0.3 is 15.8 Å². The van der Waals surface area contributed by atoms with Crippen LogP contribution in [0.25, 0.3) is 0 Å². The third-order valence-corrected chi connectivity index (χ3v) is 3.69. The van der Waals surface area contributed by atoms with Crippen LogP contribution in [0.3, 0.4) is 0 Å². The lowest BCUT2D eigenvalue weighted by molar-refractivity contribution is 0.185. The normalized spacial score (nSPS) is 11.5. The first-order valence-corrected chi connectivity index (χ1v) is 7.94. The van der Waals surface area contributed by atoms with E-state index in [-0.39, 0.29) is 0 Å². The minimum absolute atomic E-state index is 0.429. The summed E-state index contributed by atoms with van der Waals surface area (Å²) in [5, 5.41) is 3.15. The van der Waals surface area contributed by atoms with E-state index < -0.39 is 0 Å². The molecule has 0 saturated heterocycles. The molecule has 2 aromatic carbocycles. The number of methoxy groups -OCH3 is 1. The van der Waals surface area contributed by atoms with Crippen LogP contribution in [0.5, 0.6) is 0 Å². The monoisotopic (exact) mass is 311 g/mol. The molecule has 0 radical (unpaired) electrons. The van der Waals surface area contributed by atoms with E-state index in [9.17, 15) is 0 Å². The zero-order chi connectivity index (χ0) is 16.5. The van der Waals surface area contributed by atoms with E-state index in [1.54, 1.807) is 7.11 Å². The van der Waals surface area contributed by atoms with E-state index in [2.05, 4.69) is 41.5 Å². The van der Waals surface area contributed by atoms with Gasteiger partial charge in [-0.25, -0.2) is 0 Å². The first-order chi connectivity index (χ1) is 11.2. The van der Waals surface area contributed by atoms with Crippen molar-refractivity contribution in [2.45, 2.75) is 26.4 Å². The van der Waals surface area contributed by atoms with Crippen LogP contribution < -0.4 is 11.1 Å². The Balaban J connectivity index is 1.90. The molecular weight excluding hydrogens is 286 g/mol. The molecule has 2 rings (SSSR count). The van der Waals surface area contributed by atoms with E-state index in [4.69, 9.17) is 10.5 Å². The molecule has 0 aliphatic heterocycles. The first kappa shape index (κ1) is 17.0. The molecular formula is C19H25N3O. The molecule has 0 heterocycles. The largest absolute Gasteiger partial charge is 0.380 e. The van der Waals surface area contributed by atoms with Crippen LogP contribution >= 0.6 is 0 Å². The lowest BCUT2D eigenvalue weighted by Gasteiger charge is -2.10. The lowest BCUT2D eigenvalue weighted by atomic mass is 10.1. The Morgan fingerprint density at radius 3 is 2.48 bits per heavy atom. The van der Waals surface area contributed by atoms with Gasteiger partial charge in [0.15, 0.2) is 5.96 Å². The van der Waals surface area contributed by atoms with Gasteiger partial charge in [0.1, 0.15) is 0 Å². The minimum atomic E-state index is 0.429. The smallest absolute Gasteiger partial charge is 0.193 e. The number of nitrogens with two attached hydrogens (primary N) is 1. The molecule has 23 heavy (non-hydrogen) atoms. The molecule has 0 bridgehead atoms. The van der Waals surface area contributed by atoms with E-state index in [1.165, 1.54) is 11.1 Å². The fraction of sp³-hybridized carbons (Fsp3) is 0.316. The van der Waals surface area contributed by atoms with Gasteiger partial charge in [0.2, 0.25) is 0 Å². The number of rotatable bonds is 7. The molecule has 122 valence electrons. The lowest BCUT2D eigenvalue weighted by Crippen LogP contribution is -2.23. The van der Waals surface area contributed by atoms with Crippen molar-refractivity contribution in [3.8, 4) is 0 Å². The number of nitrogens with zero attached hydrogens (tertiary/aromatic N) is 1. The zero-order valence-electron chi connectivity index (χ0n) is 13.9. The Hall–Kier alpha value is -2.33. The summed E-state index contributed by atoms with van der Waals surface area (Å²) < 4.78 is 5.19. The molecule has 2 aromatic rings. The van der Waals surface area contributed by atoms with Gasteiger partial charge in [0.05, 0.1) is 6.61 Å². The maximum atomic E-state index is 5.98. The molecule has 0 saturated carbocycles. The van der Waals surface area contributed by atoms with Gasteiger partial charge in [-0.2, -0.15) is 0 Å². The molecule has 4 nitrogen and oxygen atoms in total. The van der Waals surface area contributed by atoms with Crippen molar-refractivity contribution in [2.75, 3.05) is 19.0 Å². The second kappa shape index (κ2) is 8.96. The summed E-state index contributed by atoms with van der Waals surface area (Å²) >= 11 is 0. The Labute approximate surface area is 138 Å². The van der Waals surface area contributed by atoms with Gasteiger partial charge in [-0.15, -0.1) is 0 Å². The molecule has 0 amide bonds. The maximum absolute atomic E-state index is 5.98. The van der Waals surface area contributed by atoms with Crippen molar-refractivity contribution < 1.29 is 4.74 Å². The highest BCUT2D eigenvalue weighted by atomic mass is 16.5. The minimum Gasteiger partial charge on any atom is -0.380 e. The molecule has 0 unspecified atom stereocenters. The highest BCUT2D eigenvalue weighted by Gasteiger charge is 2.02. The third kappa shape index (κ3) is 5.42. The van der Waals surface area contributed by atoms with Gasteiger partial charge in [0.25, 0.3) is 0 Å². The summed E-state index contributed by atoms with van der Waals surface area (Å²) in [5.74, 6) is 0.429. The van der Waals surface area contributed by atoms with Crippen LogP contribution in [0.15, 0.2) is 53.5 Å².